The largest absolute Gasteiger partial charge is 0.475 e. The smallest absolute Gasteiger partial charge is 0.216 e. The first-order valence-electron chi connectivity index (χ1n) is 6.32. The van der Waals surface area contributed by atoms with Gasteiger partial charge in [-0.05, 0) is 51.5 Å². The minimum absolute atomic E-state index is 0.320. The quantitative estimate of drug-likeness (QED) is 0.794. The average Bonchev–Trinajstić information content (AvgIpc) is 3.07. The summed E-state index contributed by atoms with van der Waals surface area (Å²) in [5.74, 6) is 0.780. The Labute approximate surface area is 125 Å². The summed E-state index contributed by atoms with van der Waals surface area (Å²) in [5.41, 5.74) is 3.51. The van der Waals surface area contributed by atoms with E-state index >= 15 is 0 Å². The van der Waals surface area contributed by atoms with Crippen LogP contribution in [-0.2, 0) is 4.74 Å². The molecule has 0 radical (unpaired) electrons. The van der Waals surface area contributed by atoms with Crippen molar-refractivity contribution in [3.8, 4) is 11.1 Å². The first kappa shape index (κ1) is 12.9. The van der Waals surface area contributed by atoms with Gasteiger partial charge in [0.2, 0.25) is 5.90 Å². The van der Waals surface area contributed by atoms with Gasteiger partial charge in [-0.1, -0.05) is 19.1 Å². The van der Waals surface area contributed by atoms with Gasteiger partial charge < -0.3 is 4.74 Å². The lowest BCUT2D eigenvalue weighted by atomic mass is 10.1. The second-order valence-corrected chi connectivity index (χ2v) is 6.73. The van der Waals surface area contributed by atoms with Gasteiger partial charge in [-0.25, -0.2) is 4.99 Å². The molecule has 19 heavy (non-hydrogen) atoms. The minimum Gasteiger partial charge on any atom is -0.475 e. The van der Waals surface area contributed by atoms with Gasteiger partial charge in [-0.2, -0.15) is 0 Å². The Balaban J connectivity index is 1.86. The molecule has 1 aliphatic rings. The predicted molar refractivity (Wildman–Crippen MR) is 84.0 cm³/mol. The first-order chi connectivity index (χ1) is 9.28. The molecule has 2 aromatic rings. The maximum atomic E-state index is 5.64. The van der Waals surface area contributed by atoms with E-state index in [1.165, 1.54) is 14.9 Å². The first-order valence-corrected chi connectivity index (χ1v) is 7.99. The predicted octanol–water partition coefficient (Wildman–Crippen LogP) is 4.73. The molecule has 3 rings (SSSR count). The lowest BCUT2D eigenvalue weighted by molar-refractivity contribution is 0.315. The number of aliphatic imine (C=N–C) groups is 1. The van der Waals surface area contributed by atoms with Crippen molar-refractivity contribution >= 4 is 33.2 Å². The Morgan fingerprint density at radius 3 is 2.58 bits per heavy atom. The number of hydrogen-bond acceptors (Lipinski definition) is 3. The van der Waals surface area contributed by atoms with Crippen LogP contribution >= 0.6 is 27.3 Å². The Morgan fingerprint density at radius 1 is 1.26 bits per heavy atom. The molecule has 0 aliphatic carbocycles. The molecule has 1 aliphatic heterocycles. The van der Waals surface area contributed by atoms with E-state index in [1.54, 1.807) is 11.3 Å². The number of halogens is 1. The molecule has 0 saturated heterocycles. The highest BCUT2D eigenvalue weighted by atomic mass is 79.9. The van der Waals surface area contributed by atoms with Gasteiger partial charge >= 0.3 is 0 Å². The molecule has 2 nitrogen and oxygen atoms in total. The van der Waals surface area contributed by atoms with E-state index in [0.717, 1.165) is 17.9 Å². The highest BCUT2D eigenvalue weighted by Crippen LogP contribution is 2.33. The monoisotopic (exact) mass is 335 g/mol. The Hall–Kier alpha value is -1.13. The zero-order chi connectivity index (χ0) is 13.2. The topological polar surface area (TPSA) is 21.6 Å². The summed E-state index contributed by atoms with van der Waals surface area (Å²) in [6, 6.07) is 10.8. The third-order valence-electron chi connectivity index (χ3n) is 3.24. The normalized spacial score (nSPS) is 18.2. The molecule has 98 valence electrons. The van der Waals surface area contributed by atoms with Crippen molar-refractivity contribution < 1.29 is 4.74 Å². The Morgan fingerprint density at radius 2 is 2.00 bits per heavy atom. The van der Waals surface area contributed by atoms with Gasteiger partial charge in [-0.15, -0.1) is 11.3 Å². The lowest BCUT2D eigenvalue weighted by Gasteiger charge is -2.03. The standard InChI is InChI=1S/C15H14BrNOS/c1-2-12-9-18-15(17-12)11-5-3-10(4-6-11)13-7-8-19-14(13)16/h3-8,12H,2,9H2,1H3/t12-/m1/s1. The molecule has 0 unspecified atom stereocenters. The van der Waals surface area contributed by atoms with Crippen molar-refractivity contribution in [3.05, 3.63) is 45.1 Å². The van der Waals surface area contributed by atoms with Crippen molar-refractivity contribution in [1.82, 2.24) is 0 Å². The molecular formula is C15H14BrNOS. The van der Waals surface area contributed by atoms with Crippen LogP contribution in [0.3, 0.4) is 0 Å². The molecule has 1 aromatic heterocycles. The van der Waals surface area contributed by atoms with Crippen LogP contribution in [-0.4, -0.2) is 18.5 Å². The zero-order valence-electron chi connectivity index (χ0n) is 10.6. The molecular weight excluding hydrogens is 322 g/mol. The van der Waals surface area contributed by atoms with E-state index in [9.17, 15) is 0 Å². The number of hydrogen-bond donors (Lipinski definition) is 0. The summed E-state index contributed by atoms with van der Waals surface area (Å²) in [5, 5.41) is 2.09. The van der Waals surface area contributed by atoms with E-state index in [0.29, 0.717) is 12.6 Å². The van der Waals surface area contributed by atoms with E-state index < -0.39 is 0 Å². The fourth-order valence-corrected chi connectivity index (χ4v) is 3.40. The zero-order valence-corrected chi connectivity index (χ0v) is 13.0. The van der Waals surface area contributed by atoms with Crippen molar-refractivity contribution in [1.29, 1.82) is 0 Å². The summed E-state index contributed by atoms with van der Waals surface area (Å²) in [6.45, 7) is 2.85. The highest BCUT2D eigenvalue weighted by molar-refractivity contribution is 9.11. The summed E-state index contributed by atoms with van der Waals surface area (Å²) in [6.07, 6.45) is 1.03. The van der Waals surface area contributed by atoms with Crippen LogP contribution in [0.1, 0.15) is 18.9 Å². The highest BCUT2D eigenvalue weighted by Gasteiger charge is 2.18. The summed E-state index contributed by atoms with van der Waals surface area (Å²) in [7, 11) is 0. The summed E-state index contributed by atoms with van der Waals surface area (Å²) < 4.78 is 6.81. The number of nitrogens with zero attached hydrogens (tertiary/aromatic N) is 1. The molecule has 2 heterocycles. The molecule has 0 bridgehead atoms. The molecule has 1 aromatic carbocycles. The molecule has 0 N–H and O–H groups in total. The van der Waals surface area contributed by atoms with Crippen LogP contribution in [0.15, 0.2) is 44.5 Å². The van der Waals surface area contributed by atoms with Gasteiger partial charge in [0.1, 0.15) is 6.61 Å². The number of thiophene rings is 1. The van der Waals surface area contributed by atoms with Crippen LogP contribution in [0.4, 0.5) is 0 Å². The van der Waals surface area contributed by atoms with Gasteiger partial charge in [0.25, 0.3) is 0 Å². The van der Waals surface area contributed by atoms with E-state index in [4.69, 9.17) is 4.74 Å². The maximum absolute atomic E-state index is 5.64. The summed E-state index contributed by atoms with van der Waals surface area (Å²) >= 11 is 5.28. The van der Waals surface area contributed by atoms with Crippen LogP contribution < -0.4 is 0 Å². The van der Waals surface area contributed by atoms with Crippen molar-refractivity contribution in [3.63, 3.8) is 0 Å². The fourth-order valence-electron chi connectivity index (χ4n) is 2.08. The summed E-state index contributed by atoms with van der Waals surface area (Å²) in [4.78, 5) is 4.57. The van der Waals surface area contributed by atoms with E-state index in [2.05, 4.69) is 63.6 Å². The lowest BCUT2D eigenvalue weighted by Crippen LogP contribution is -2.03. The van der Waals surface area contributed by atoms with Gasteiger partial charge in [0, 0.05) is 11.1 Å². The number of benzene rings is 1. The van der Waals surface area contributed by atoms with Crippen LogP contribution in [0.2, 0.25) is 0 Å². The Bertz CT molecular complexity index is 603. The van der Waals surface area contributed by atoms with Crippen molar-refractivity contribution in [2.45, 2.75) is 19.4 Å². The van der Waals surface area contributed by atoms with Crippen LogP contribution in [0.5, 0.6) is 0 Å². The van der Waals surface area contributed by atoms with Gasteiger partial charge in [0.15, 0.2) is 0 Å². The molecule has 0 saturated carbocycles. The molecule has 0 amide bonds. The fraction of sp³-hybridized carbons (Fsp3) is 0.267. The third kappa shape index (κ3) is 2.60. The van der Waals surface area contributed by atoms with E-state index in [1.807, 2.05) is 0 Å². The SMILES string of the molecule is CC[C@@H]1COC(c2ccc(-c3ccsc3Br)cc2)=N1. The Kier molecular flexibility index (Phi) is 3.71. The molecule has 1 atom stereocenters. The number of rotatable bonds is 3. The van der Waals surface area contributed by atoms with Gasteiger partial charge in [-0.3, -0.25) is 0 Å². The van der Waals surface area contributed by atoms with Crippen LogP contribution in [0.25, 0.3) is 11.1 Å². The molecule has 0 fully saturated rings. The maximum Gasteiger partial charge on any atom is 0.216 e. The van der Waals surface area contributed by atoms with Crippen molar-refractivity contribution in [2.24, 2.45) is 4.99 Å². The van der Waals surface area contributed by atoms with E-state index in [-0.39, 0.29) is 0 Å². The van der Waals surface area contributed by atoms with Crippen molar-refractivity contribution in [2.75, 3.05) is 6.61 Å². The molecule has 0 spiro atoms. The average molecular weight is 336 g/mol. The third-order valence-corrected chi connectivity index (χ3v) is 4.93. The minimum atomic E-state index is 0.320. The van der Waals surface area contributed by atoms with Gasteiger partial charge in [0.05, 0.1) is 9.83 Å². The second-order valence-electron chi connectivity index (χ2n) is 4.49. The molecule has 4 heteroatoms. The second kappa shape index (κ2) is 5.47. The van der Waals surface area contributed by atoms with Crippen LogP contribution in [0, 0.1) is 0 Å². The number of ether oxygens (including phenoxy) is 1.